The molecule has 8 nitrogen and oxygen atoms in total. The molecule has 3 heterocycles. The van der Waals surface area contributed by atoms with E-state index in [2.05, 4.69) is 70.2 Å². The maximum Gasteiger partial charge on any atom is 0.225 e. The predicted molar refractivity (Wildman–Crippen MR) is 145 cm³/mol. The maximum atomic E-state index is 4.53. The van der Waals surface area contributed by atoms with Gasteiger partial charge in [-0.05, 0) is 24.6 Å². The lowest BCUT2D eigenvalue weighted by molar-refractivity contribution is 0.172. The third kappa shape index (κ3) is 7.79. The molecule has 0 unspecified atom stereocenters. The Morgan fingerprint density at radius 3 is 2.21 bits per heavy atom. The molecule has 0 radical (unpaired) electrons. The Bertz CT molecular complexity index is 819. The summed E-state index contributed by atoms with van der Waals surface area (Å²) < 4.78 is 0. The summed E-state index contributed by atoms with van der Waals surface area (Å²) in [7, 11) is 1.89. The van der Waals surface area contributed by atoms with Crippen LogP contribution in [0.2, 0.25) is 0 Å². The normalized spacial score (nSPS) is 18.2. The molecule has 0 aliphatic carbocycles. The molecule has 0 spiro atoms. The second-order valence-electron chi connectivity index (χ2n) is 8.45. The Kier molecular flexibility index (Phi) is 10.6. The Morgan fingerprint density at radius 1 is 0.879 bits per heavy atom. The highest BCUT2D eigenvalue weighted by atomic mass is 127. The summed E-state index contributed by atoms with van der Waals surface area (Å²) >= 11 is 0. The minimum Gasteiger partial charge on any atom is -0.356 e. The fourth-order valence-corrected chi connectivity index (χ4v) is 4.42. The molecular formula is C24H37IN8. The SMILES string of the molecule is CN=C(NCCCN1CCN(c2ncccn2)CC1)N1CCN(Cc2ccccc2)CC1.I. The van der Waals surface area contributed by atoms with Crippen LogP contribution >= 0.6 is 24.0 Å². The van der Waals surface area contributed by atoms with E-state index in [9.17, 15) is 0 Å². The van der Waals surface area contributed by atoms with Crippen LogP contribution in [0.4, 0.5) is 5.95 Å². The van der Waals surface area contributed by atoms with E-state index in [1.54, 1.807) is 0 Å². The van der Waals surface area contributed by atoms with Gasteiger partial charge in [0, 0.05) is 84.9 Å². The van der Waals surface area contributed by atoms with Crippen LogP contribution in [0, 0.1) is 0 Å². The van der Waals surface area contributed by atoms with Crippen molar-refractivity contribution >= 4 is 35.9 Å². The lowest BCUT2D eigenvalue weighted by Crippen LogP contribution is -2.52. The van der Waals surface area contributed by atoms with E-state index in [1.165, 1.54) is 5.56 Å². The first-order valence-electron chi connectivity index (χ1n) is 11.8. The molecule has 2 aliphatic rings. The smallest absolute Gasteiger partial charge is 0.225 e. The quantitative estimate of drug-likeness (QED) is 0.239. The summed E-state index contributed by atoms with van der Waals surface area (Å²) in [5.74, 6) is 1.89. The first-order chi connectivity index (χ1) is 15.8. The van der Waals surface area contributed by atoms with Crippen molar-refractivity contribution in [1.82, 2.24) is 30.0 Å². The number of nitrogens with zero attached hydrogens (tertiary/aromatic N) is 7. The predicted octanol–water partition coefficient (Wildman–Crippen LogP) is 2.00. The average molecular weight is 565 g/mol. The number of anilines is 1. The fourth-order valence-electron chi connectivity index (χ4n) is 4.42. The van der Waals surface area contributed by atoms with E-state index in [0.29, 0.717) is 0 Å². The van der Waals surface area contributed by atoms with E-state index >= 15 is 0 Å². The van der Waals surface area contributed by atoms with Gasteiger partial charge in [-0.1, -0.05) is 30.3 Å². The number of hydrogen-bond donors (Lipinski definition) is 1. The van der Waals surface area contributed by atoms with Crippen LogP contribution in [0.3, 0.4) is 0 Å². The lowest BCUT2D eigenvalue weighted by atomic mass is 10.2. The summed E-state index contributed by atoms with van der Waals surface area (Å²) in [5, 5.41) is 3.58. The molecule has 0 atom stereocenters. The van der Waals surface area contributed by atoms with E-state index in [0.717, 1.165) is 90.3 Å². The molecule has 2 saturated heterocycles. The van der Waals surface area contributed by atoms with Gasteiger partial charge in [-0.25, -0.2) is 9.97 Å². The van der Waals surface area contributed by atoms with Gasteiger partial charge in [0.15, 0.2) is 5.96 Å². The zero-order valence-electron chi connectivity index (χ0n) is 19.6. The third-order valence-electron chi connectivity index (χ3n) is 6.27. The van der Waals surface area contributed by atoms with Gasteiger partial charge >= 0.3 is 0 Å². The number of hydrogen-bond acceptors (Lipinski definition) is 6. The molecule has 2 aromatic rings. The molecule has 0 amide bonds. The Labute approximate surface area is 215 Å². The molecule has 2 aliphatic heterocycles. The number of halogens is 1. The van der Waals surface area contributed by atoms with Gasteiger partial charge in [0.05, 0.1) is 0 Å². The summed E-state index contributed by atoms with van der Waals surface area (Å²) in [6.07, 6.45) is 4.75. The highest BCUT2D eigenvalue weighted by Gasteiger charge is 2.20. The van der Waals surface area contributed by atoms with Crippen LogP contribution in [0.15, 0.2) is 53.8 Å². The molecule has 2 fully saturated rings. The maximum absolute atomic E-state index is 4.53. The van der Waals surface area contributed by atoms with Crippen LogP contribution in [-0.2, 0) is 6.54 Å². The van der Waals surface area contributed by atoms with E-state index < -0.39 is 0 Å². The molecular weight excluding hydrogens is 527 g/mol. The summed E-state index contributed by atoms with van der Waals surface area (Å²) in [4.78, 5) is 23.0. The lowest BCUT2D eigenvalue weighted by Gasteiger charge is -2.37. The second-order valence-corrected chi connectivity index (χ2v) is 8.45. The van der Waals surface area contributed by atoms with Crippen molar-refractivity contribution in [2.24, 2.45) is 4.99 Å². The van der Waals surface area contributed by atoms with Crippen molar-refractivity contribution in [2.45, 2.75) is 13.0 Å². The van der Waals surface area contributed by atoms with Gasteiger partial charge in [-0.2, -0.15) is 0 Å². The fraction of sp³-hybridized carbons (Fsp3) is 0.542. The number of rotatable bonds is 7. The van der Waals surface area contributed by atoms with E-state index in [4.69, 9.17) is 0 Å². The second kappa shape index (κ2) is 13.7. The highest BCUT2D eigenvalue weighted by Crippen LogP contribution is 2.10. The highest BCUT2D eigenvalue weighted by molar-refractivity contribution is 14.0. The van der Waals surface area contributed by atoms with Crippen molar-refractivity contribution in [3.05, 3.63) is 54.4 Å². The van der Waals surface area contributed by atoms with E-state index in [-0.39, 0.29) is 24.0 Å². The van der Waals surface area contributed by atoms with Gasteiger partial charge in [0.2, 0.25) is 5.95 Å². The Hall–Kier alpha value is -1.98. The van der Waals surface area contributed by atoms with Crippen LogP contribution in [0.5, 0.6) is 0 Å². The number of benzene rings is 1. The van der Waals surface area contributed by atoms with Crippen molar-refractivity contribution in [2.75, 3.05) is 77.4 Å². The van der Waals surface area contributed by atoms with Gasteiger partial charge in [-0.3, -0.25) is 14.8 Å². The van der Waals surface area contributed by atoms with Crippen LogP contribution in [-0.4, -0.2) is 103 Å². The summed E-state index contributed by atoms with van der Waals surface area (Å²) in [6, 6.07) is 12.6. The van der Waals surface area contributed by atoms with Crippen molar-refractivity contribution < 1.29 is 0 Å². The first kappa shape index (κ1) is 25.6. The zero-order chi connectivity index (χ0) is 22.0. The van der Waals surface area contributed by atoms with Crippen LogP contribution in [0.1, 0.15) is 12.0 Å². The molecule has 1 N–H and O–H groups in total. The summed E-state index contributed by atoms with van der Waals surface area (Å²) in [6.45, 7) is 11.4. The number of piperazine rings is 2. The van der Waals surface area contributed by atoms with Crippen molar-refractivity contribution in [3.8, 4) is 0 Å². The van der Waals surface area contributed by atoms with Gasteiger partial charge in [0.25, 0.3) is 0 Å². The molecule has 0 bridgehead atoms. The van der Waals surface area contributed by atoms with Crippen molar-refractivity contribution in [1.29, 1.82) is 0 Å². The first-order valence-corrected chi connectivity index (χ1v) is 11.8. The van der Waals surface area contributed by atoms with Crippen LogP contribution in [0.25, 0.3) is 0 Å². The zero-order valence-corrected chi connectivity index (χ0v) is 22.0. The van der Waals surface area contributed by atoms with Gasteiger partial charge in [-0.15, -0.1) is 24.0 Å². The minimum absolute atomic E-state index is 0. The number of guanidine groups is 1. The van der Waals surface area contributed by atoms with Gasteiger partial charge in [0.1, 0.15) is 0 Å². The molecule has 180 valence electrons. The number of aliphatic imine (C=N–C) groups is 1. The minimum atomic E-state index is 0. The third-order valence-corrected chi connectivity index (χ3v) is 6.27. The number of nitrogens with one attached hydrogen (secondary N) is 1. The molecule has 9 heteroatoms. The largest absolute Gasteiger partial charge is 0.356 e. The summed E-state index contributed by atoms with van der Waals surface area (Å²) in [5.41, 5.74) is 1.39. The van der Waals surface area contributed by atoms with E-state index in [1.807, 2.05) is 25.5 Å². The average Bonchev–Trinajstić information content (AvgIpc) is 2.86. The topological polar surface area (TPSA) is 63.1 Å². The van der Waals surface area contributed by atoms with Crippen molar-refractivity contribution in [3.63, 3.8) is 0 Å². The monoisotopic (exact) mass is 564 g/mol. The Balaban J connectivity index is 0.00000306. The molecule has 1 aromatic heterocycles. The van der Waals surface area contributed by atoms with Crippen LogP contribution < -0.4 is 10.2 Å². The standard InChI is InChI=1S/C24H36N8.HI/c1-25-23(31-19-15-30(16-20-31)21-22-7-3-2-4-8-22)26-11-6-12-29-13-17-32(18-14-29)24-27-9-5-10-28-24;/h2-5,7-10H,6,11-21H2,1H3,(H,25,26);1H. The molecule has 0 saturated carbocycles. The Morgan fingerprint density at radius 2 is 1.55 bits per heavy atom. The molecule has 1 aromatic carbocycles. The molecule has 33 heavy (non-hydrogen) atoms. The van der Waals surface area contributed by atoms with Gasteiger partial charge < -0.3 is 15.1 Å². The number of aromatic nitrogens is 2. The molecule has 4 rings (SSSR count).